The van der Waals surface area contributed by atoms with E-state index in [1.165, 1.54) is 12.4 Å². The third-order valence-corrected chi connectivity index (χ3v) is 9.79. The van der Waals surface area contributed by atoms with E-state index >= 15 is 0 Å². The molecule has 8 rings (SSSR count). The van der Waals surface area contributed by atoms with Crippen molar-refractivity contribution >= 4 is 5.84 Å². The summed E-state index contributed by atoms with van der Waals surface area (Å²) in [6.07, 6.45) is 1.52. The Hall–Kier alpha value is -7.86. The molecule has 0 saturated carbocycles. The summed E-state index contributed by atoms with van der Waals surface area (Å²) in [6.45, 7) is 38.5. The van der Waals surface area contributed by atoms with Crippen molar-refractivity contribution in [3.63, 3.8) is 0 Å². The molecule has 0 saturated heterocycles. The average Bonchev–Trinajstić information content (AvgIpc) is 4.20. The molecular weight excluding hydrogens is 981 g/mol. The van der Waals surface area contributed by atoms with Crippen LogP contribution < -0.4 is 33.5 Å². The zero-order valence-corrected chi connectivity index (χ0v) is 46.1. The number of H-pyrrole nitrogens is 5. The van der Waals surface area contributed by atoms with Crippen molar-refractivity contribution in [3.8, 4) is 5.75 Å². The SMILES string of the molecule is C=C1N=C(C(C)C)NO1.CC(C)c1ccc(F)c(O)c1F.CC(C)c1n[nH]c(=O)[nH]1.CC(C)c1n[nH]c(=O)o1.CC(C)c1ncn[nH]1.CC(C)c1noc(=O)[nH]1.Cc1c(C(C)C)c(=O)c1=O.Cc1cc(C(C)C)no1. The van der Waals surface area contributed by atoms with Crippen molar-refractivity contribution in [2.75, 3.05) is 0 Å². The highest BCUT2D eigenvalue weighted by atomic mass is 19.1. The van der Waals surface area contributed by atoms with Crippen LogP contribution in [0.1, 0.15) is 204 Å². The van der Waals surface area contributed by atoms with Gasteiger partial charge in [-0.05, 0) is 49.8 Å². The van der Waals surface area contributed by atoms with Crippen molar-refractivity contribution in [3.05, 3.63) is 152 Å². The number of phenols is 1. The van der Waals surface area contributed by atoms with Crippen LogP contribution in [0.2, 0.25) is 0 Å². The first-order valence-electron chi connectivity index (χ1n) is 24.1. The van der Waals surface area contributed by atoms with Crippen LogP contribution in [0.3, 0.4) is 0 Å². The summed E-state index contributed by atoms with van der Waals surface area (Å²) >= 11 is 0. The molecular formula is C50H75F2N13O10. The molecule has 1 aliphatic rings. The van der Waals surface area contributed by atoms with Crippen molar-refractivity contribution in [2.24, 2.45) is 10.9 Å². The summed E-state index contributed by atoms with van der Waals surface area (Å²) in [7, 11) is 0. The number of hydrogen-bond acceptors (Lipinski definition) is 18. The number of nitrogens with zero attached hydrogens (tertiary/aromatic N) is 7. The molecule has 414 valence electrons. The summed E-state index contributed by atoms with van der Waals surface area (Å²) in [5, 5.41) is 34.5. The fraction of sp³-hybridized carbons (Fsp3) is 0.520. The van der Waals surface area contributed by atoms with E-state index in [-0.39, 0.29) is 46.1 Å². The first-order valence-corrected chi connectivity index (χ1v) is 24.1. The Morgan fingerprint density at radius 3 is 1.51 bits per heavy atom. The van der Waals surface area contributed by atoms with Gasteiger partial charge in [0, 0.05) is 46.8 Å². The van der Waals surface area contributed by atoms with Gasteiger partial charge < -0.3 is 18.9 Å². The minimum Gasteiger partial charge on any atom is -0.503 e. The summed E-state index contributed by atoms with van der Waals surface area (Å²) in [4.78, 5) is 70.2. The van der Waals surface area contributed by atoms with Crippen LogP contribution in [0.15, 0.2) is 79.4 Å². The number of aryl methyl sites for hydroxylation is 1. The molecule has 0 amide bonds. The van der Waals surface area contributed by atoms with Gasteiger partial charge in [-0.1, -0.05) is 127 Å². The minimum atomic E-state index is -0.920. The van der Waals surface area contributed by atoms with Gasteiger partial charge in [0.1, 0.15) is 29.6 Å². The Balaban J connectivity index is 0.000000430. The smallest absolute Gasteiger partial charge is 0.438 e. The number of phenolic OH excluding ortho intramolecular Hbond substituents is 1. The minimum absolute atomic E-state index is 0.0588. The van der Waals surface area contributed by atoms with Crippen LogP contribution in [0, 0.1) is 31.4 Å². The van der Waals surface area contributed by atoms with Gasteiger partial charge in [0.2, 0.25) is 22.6 Å². The molecule has 0 fully saturated rings. The van der Waals surface area contributed by atoms with Crippen LogP contribution >= 0.6 is 0 Å². The van der Waals surface area contributed by atoms with Crippen LogP contribution in [-0.2, 0) is 4.84 Å². The zero-order valence-electron chi connectivity index (χ0n) is 46.1. The molecule has 6 heterocycles. The Morgan fingerprint density at radius 1 is 0.627 bits per heavy atom. The van der Waals surface area contributed by atoms with E-state index in [0.29, 0.717) is 57.9 Å². The van der Waals surface area contributed by atoms with E-state index in [0.717, 1.165) is 29.2 Å². The average molecular weight is 1060 g/mol. The largest absolute Gasteiger partial charge is 0.503 e. The number of nitrogens with one attached hydrogen (secondary N) is 6. The molecule has 25 heteroatoms. The molecule has 0 bridgehead atoms. The maximum atomic E-state index is 13.0. The number of aromatic hydroxyl groups is 1. The molecule has 5 aromatic heterocycles. The second-order valence-electron chi connectivity index (χ2n) is 19.1. The lowest BCUT2D eigenvalue weighted by atomic mass is 9.93. The zero-order chi connectivity index (χ0) is 57.4. The molecule has 75 heavy (non-hydrogen) atoms. The van der Waals surface area contributed by atoms with Crippen LogP contribution in [0.25, 0.3) is 0 Å². The quantitative estimate of drug-likeness (QED) is 0.0699. The number of hydroxylamine groups is 1. The Morgan fingerprint density at radius 2 is 1.24 bits per heavy atom. The fourth-order valence-electron chi connectivity index (χ4n) is 5.44. The molecule has 1 aliphatic heterocycles. The standard InChI is InChI=1S/C9H10F2O.C8H10O2.C7H11NO.C6H10N2O.C5H9N3O.C5H9N3.2C5H8N2O2/c1-5(2)6-3-4-7(10)9(12)8(6)11;1-4(2)6-5(3)7(9)8(6)10;1-5(2)7-4-6(3)9-8-7;1-4(2)6-7-5(3)9-8-6;1-3(2)4-6-5(9)8-7-4;1-4(2)5-6-3-7-8-5;1-3(2)4-6-7-5(8)9-4;1-3(2)4-6-5(8)9-7-4/h3-5,12H,1-2H3;4H,1-3H3;4-5H,1-3H3;4H,3H2,1-2H3,(H,7,8);3H,1-2H3,(H2,6,7,8,9);3-4H,1-2H3,(H,6,7,8);3H,1-2H3,(H,7,8);3H,1-2H3,(H,6,7,8). The Bertz CT molecular complexity index is 2910. The molecule has 2 aromatic carbocycles. The second kappa shape index (κ2) is 31.7. The normalized spacial score (nSPS) is 11.5. The number of benzene rings is 1. The van der Waals surface area contributed by atoms with Crippen LogP contribution in [0.4, 0.5) is 8.78 Å². The number of hydrogen-bond donors (Lipinski definition) is 7. The van der Waals surface area contributed by atoms with Gasteiger partial charge >= 0.3 is 17.2 Å². The van der Waals surface area contributed by atoms with Crippen molar-refractivity contribution < 1.29 is 32.2 Å². The van der Waals surface area contributed by atoms with Gasteiger partial charge in [0.05, 0.1) is 5.69 Å². The maximum absolute atomic E-state index is 13.0. The van der Waals surface area contributed by atoms with E-state index in [1.54, 1.807) is 20.8 Å². The number of rotatable bonds is 8. The van der Waals surface area contributed by atoms with Gasteiger partial charge in [-0.3, -0.25) is 29.2 Å². The second-order valence-corrected chi connectivity index (χ2v) is 19.1. The van der Waals surface area contributed by atoms with E-state index in [1.807, 2.05) is 82.2 Å². The number of aliphatic imine (C=N–C) groups is 1. The van der Waals surface area contributed by atoms with Crippen molar-refractivity contribution in [1.82, 2.24) is 61.3 Å². The number of aromatic nitrogens is 11. The third-order valence-electron chi connectivity index (χ3n) is 9.79. The predicted molar refractivity (Wildman–Crippen MR) is 279 cm³/mol. The summed E-state index contributed by atoms with van der Waals surface area (Å²) in [5.74, 6) is 3.37. The fourth-order valence-corrected chi connectivity index (χ4v) is 5.44. The number of aromatic amines is 5. The molecule has 7 N–H and O–H groups in total. The number of halogens is 2. The van der Waals surface area contributed by atoms with Gasteiger partial charge in [0.15, 0.2) is 23.2 Å². The monoisotopic (exact) mass is 1060 g/mol. The highest BCUT2D eigenvalue weighted by Gasteiger charge is 2.19. The lowest BCUT2D eigenvalue weighted by molar-refractivity contribution is 0.176. The van der Waals surface area contributed by atoms with E-state index in [9.17, 15) is 32.8 Å². The highest BCUT2D eigenvalue weighted by molar-refractivity contribution is 5.85. The number of amidine groups is 1. The van der Waals surface area contributed by atoms with E-state index < -0.39 is 28.9 Å². The molecule has 0 aliphatic carbocycles. The molecule has 0 spiro atoms. The topological polar surface area (TPSA) is 335 Å². The van der Waals surface area contributed by atoms with Gasteiger partial charge in [-0.15, -0.1) is 5.10 Å². The summed E-state index contributed by atoms with van der Waals surface area (Å²) in [6, 6.07) is 4.37. The molecule has 0 radical (unpaired) electrons. The maximum Gasteiger partial charge on any atom is 0.438 e. The van der Waals surface area contributed by atoms with Crippen LogP contribution in [0.5, 0.6) is 5.75 Å². The summed E-state index contributed by atoms with van der Waals surface area (Å²) < 4.78 is 39.3. The van der Waals surface area contributed by atoms with E-state index in [4.69, 9.17) is 14.5 Å². The Labute approximate surface area is 433 Å². The lowest BCUT2D eigenvalue weighted by Gasteiger charge is -2.08. The highest BCUT2D eigenvalue weighted by Crippen LogP contribution is 2.27. The van der Waals surface area contributed by atoms with Crippen LogP contribution in [-0.4, -0.2) is 66.8 Å². The first kappa shape index (κ1) is 65.2. The van der Waals surface area contributed by atoms with Crippen molar-refractivity contribution in [2.45, 2.75) is 166 Å². The van der Waals surface area contributed by atoms with Gasteiger partial charge in [-0.25, -0.2) is 43.8 Å². The molecule has 7 aromatic rings. The van der Waals surface area contributed by atoms with Crippen molar-refractivity contribution in [1.29, 1.82) is 0 Å². The first-order chi connectivity index (χ1) is 34.9. The third kappa shape index (κ3) is 22.8. The van der Waals surface area contributed by atoms with Gasteiger partial charge in [0.25, 0.3) is 0 Å². The Kier molecular flexibility index (Phi) is 27.5. The van der Waals surface area contributed by atoms with E-state index in [2.05, 4.69) is 110 Å². The lowest BCUT2D eigenvalue weighted by Crippen LogP contribution is -2.38. The van der Waals surface area contributed by atoms with Gasteiger partial charge in [-0.2, -0.15) is 15.2 Å². The molecule has 23 nitrogen and oxygen atoms in total. The molecule has 0 atom stereocenters. The molecule has 0 unspecified atom stereocenters. The predicted octanol–water partition coefficient (Wildman–Crippen LogP) is 8.78. The summed E-state index contributed by atoms with van der Waals surface area (Å²) in [5.41, 5.74) is 4.56.